The van der Waals surface area contributed by atoms with E-state index >= 15 is 0 Å². The summed E-state index contributed by atoms with van der Waals surface area (Å²) in [5, 5.41) is 32.6. The van der Waals surface area contributed by atoms with Gasteiger partial charge in [-0.1, -0.05) is 0 Å². The van der Waals surface area contributed by atoms with Gasteiger partial charge in [-0.25, -0.2) is 4.79 Å². The molecule has 0 rings (SSSR count). The fourth-order valence-corrected chi connectivity index (χ4v) is 0. The summed E-state index contributed by atoms with van der Waals surface area (Å²) in [6.45, 7) is 2.62. The number of hydrogen-bond acceptors (Lipinski definition) is 7. The van der Waals surface area contributed by atoms with Crippen molar-refractivity contribution >= 4 is 11.9 Å². The number of hydrogen-bond donors (Lipinski definition) is 4. The molecule has 0 aromatic carbocycles. The van der Waals surface area contributed by atoms with E-state index in [1.165, 1.54) is 13.8 Å². The van der Waals surface area contributed by atoms with Crippen molar-refractivity contribution in [1.29, 1.82) is 0 Å². The molecule has 0 radical (unpaired) electrons. The third-order valence-electron chi connectivity index (χ3n) is 0.747. The Kier molecular flexibility index (Phi) is 25.5. The molecule has 2 atom stereocenters. The predicted molar refractivity (Wildman–Crippen MR) is 49.8 cm³/mol. The Balaban J connectivity index is -0.0000000692. The smallest absolute Gasteiger partial charge is 0.480 e. The Labute approximate surface area is 113 Å². The van der Waals surface area contributed by atoms with Crippen molar-refractivity contribution in [3.05, 3.63) is 10.1 Å². The minimum atomic E-state index is -1.23. The fraction of sp³-hybridized carbons (Fsp3) is 0.667. The van der Waals surface area contributed by atoms with Crippen molar-refractivity contribution < 1.29 is 54.5 Å². The van der Waals surface area contributed by atoms with Crippen molar-refractivity contribution in [1.82, 2.24) is 0 Å². The summed E-state index contributed by atoms with van der Waals surface area (Å²) in [6.07, 6.45) is -1.23. The molecule has 0 aromatic rings. The van der Waals surface area contributed by atoms with Crippen LogP contribution in [-0.2, 0) is 9.59 Å². The molecule has 10 heteroatoms. The van der Waals surface area contributed by atoms with E-state index in [1.54, 1.807) is 0 Å². The topological polar surface area (TPSA) is 173 Å². The Morgan fingerprint density at radius 2 is 1.38 bits per heavy atom. The minimum Gasteiger partial charge on any atom is -0.480 e. The number of aliphatic hydroxyl groups is 1. The number of carboxylic acids is 2. The van der Waals surface area contributed by atoms with Gasteiger partial charge in [-0.2, -0.15) is 0 Å². The largest absolute Gasteiger partial charge is 1.00 e. The molecule has 0 bridgehead atoms. The van der Waals surface area contributed by atoms with Gasteiger partial charge in [0.15, 0.2) is 0 Å². The van der Waals surface area contributed by atoms with Crippen LogP contribution in [-0.4, -0.2) is 39.4 Å². The van der Waals surface area contributed by atoms with Crippen molar-refractivity contribution in [3.8, 4) is 0 Å². The molecule has 0 spiro atoms. The molecule has 90 valence electrons. The average Bonchev–Trinajstić information content (AvgIpc) is 2.06. The third-order valence-corrected chi connectivity index (χ3v) is 0.747. The van der Waals surface area contributed by atoms with Crippen molar-refractivity contribution in [2.75, 3.05) is 0 Å². The van der Waals surface area contributed by atoms with E-state index in [4.69, 9.17) is 31.2 Å². The van der Waals surface area contributed by atoms with Crippen LogP contribution in [0, 0.1) is 10.1 Å². The Morgan fingerprint density at radius 3 is 1.38 bits per heavy atom. The second-order valence-corrected chi connectivity index (χ2v) is 2.22. The second-order valence-electron chi connectivity index (χ2n) is 2.22. The van der Waals surface area contributed by atoms with E-state index in [9.17, 15) is 9.59 Å². The monoisotopic (exact) mass is 248 g/mol. The standard InChI is InChI=1S/C3H7NO2.C3H6O3.HNO2.Na/c2*1-2(4)3(5)6;2-1-3;/h2H,4H2,1H3,(H,5,6);2,4H,1H3,(H,5,6);(H,2,3);/q;;;+1/p-1. The number of rotatable bonds is 2. The van der Waals surface area contributed by atoms with Gasteiger partial charge in [-0.05, 0) is 13.8 Å². The minimum absolute atomic E-state index is 0. The Hall–Kier alpha value is -0.740. The van der Waals surface area contributed by atoms with E-state index in [1.807, 2.05) is 0 Å². The van der Waals surface area contributed by atoms with E-state index in [0.717, 1.165) is 5.34 Å². The Bertz CT molecular complexity index is 179. The number of nitrogens with two attached hydrogens (primary N) is 1. The summed E-state index contributed by atoms with van der Waals surface area (Å²) in [5.74, 6) is -2.15. The first-order valence-electron chi connectivity index (χ1n) is 3.54. The number of carbonyl (C=O) groups is 2. The van der Waals surface area contributed by atoms with Crippen LogP contribution in [0.15, 0.2) is 5.34 Å². The van der Waals surface area contributed by atoms with Crippen LogP contribution >= 0.6 is 0 Å². The summed E-state index contributed by atoms with van der Waals surface area (Å²) in [7, 11) is 0. The summed E-state index contributed by atoms with van der Waals surface area (Å²) >= 11 is 0. The van der Waals surface area contributed by atoms with Crippen LogP contribution in [0.3, 0.4) is 0 Å². The molecule has 16 heavy (non-hydrogen) atoms. The summed E-state index contributed by atoms with van der Waals surface area (Å²) in [5.41, 5.74) is 4.84. The maximum atomic E-state index is 9.57. The van der Waals surface area contributed by atoms with Crippen LogP contribution in [0.5, 0.6) is 0 Å². The summed E-state index contributed by atoms with van der Waals surface area (Å²) in [6, 6.07) is -0.731. The molecule has 5 N–H and O–H groups in total. The first kappa shape index (κ1) is 24.5. The molecular formula is C6H13N2NaO7. The number of nitrogens with zero attached hydrogens (tertiary/aromatic N) is 1. The number of carboxylic acid groups (broad SMARTS) is 2. The molecular weight excluding hydrogens is 235 g/mol. The van der Waals surface area contributed by atoms with Gasteiger partial charge in [-0.3, -0.25) is 4.79 Å². The first-order valence-corrected chi connectivity index (χ1v) is 3.54. The van der Waals surface area contributed by atoms with Crippen molar-refractivity contribution in [2.45, 2.75) is 26.0 Å². The van der Waals surface area contributed by atoms with Crippen molar-refractivity contribution in [3.63, 3.8) is 0 Å². The molecule has 9 nitrogen and oxygen atoms in total. The molecule has 0 fully saturated rings. The zero-order chi connectivity index (χ0) is 13.0. The van der Waals surface area contributed by atoms with Crippen LogP contribution < -0.4 is 35.3 Å². The molecule has 0 aromatic heterocycles. The fourth-order valence-electron chi connectivity index (χ4n) is 0. The van der Waals surface area contributed by atoms with Gasteiger partial charge in [0.05, 0.1) is 0 Å². The molecule has 0 saturated heterocycles. The zero-order valence-corrected chi connectivity index (χ0v) is 11.2. The van der Waals surface area contributed by atoms with Crippen LogP contribution in [0.25, 0.3) is 0 Å². The quantitative estimate of drug-likeness (QED) is 0.218. The van der Waals surface area contributed by atoms with Gasteiger partial charge in [-0.15, -0.1) is 5.34 Å². The van der Waals surface area contributed by atoms with E-state index in [2.05, 4.69) is 0 Å². The van der Waals surface area contributed by atoms with Gasteiger partial charge in [0.1, 0.15) is 12.1 Å². The van der Waals surface area contributed by atoms with Gasteiger partial charge < -0.3 is 31.2 Å². The third kappa shape index (κ3) is 37.8. The molecule has 0 amide bonds. The Morgan fingerprint density at radius 1 is 1.25 bits per heavy atom. The van der Waals surface area contributed by atoms with Crippen LogP contribution in [0.1, 0.15) is 13.8 Å². The van der Waals surface area contributed by atoms with Gasteiger partial charge in [0.25, 0.3) is 0 Å². The van der Waals surface area contributed by atoms with E-state index in [0.29, 0.717) is 0 Å². The van der Waals surface area contributed by atoms with E-state index < -0.39 is 24.1 Å². The first-order chi connectivity index (χ1) is 6.70. The molecule has 2 unspecified atom stereocenters. The maximum absolute atomic E-state index is 9.57. The van der Waals surface area contributed by atoms with Crippen LogP contribution in [0.2, 0.25) is 0 Å². The van der Waals surface area contributed by atoms with Gasteiger partial charge in [0.2, 0.25) is 0 Å². The SMILES string of the molecule is CC(N)C(=O)O.CC(O)C(=O)O.O=N[O-].[Na+]. The molecule has 0 aliphatic carbocycles. The van der Waals surface area contributed by atoms with Gasteiger partial charge >= 0.3 is 41.5 Å². The van der Waals surface area contributed by atoms with Crippen molar-refractivity contribution in [2.24, 2.45) is 11.1 Å². The molecule has 0 aliphatic rings. The summed E-state index contributed by atoms with van der Waals surface area (Å²) < 4.78 is 0. The van der Waals surface area contributed by atoms with Gasteiger partial charge in [0, 0.05) is 0 Å². The number of aliphatic hydroxyl groups excluding tert-OH is 1. The molecule has 0 aliphatic heterocycles. The second kappa shape index (κ2) is 16.7. The maximum Gasteiger partial charge on any atom is 1.00 e. The number of aliphatic carboxylic acids is 2. The molecule has 0 saturated carbocycles. The predicted octanol–water partition coefficient (Wildman–Crippen LogP) is -3.88. The average molecular weight is 248 g/mol. The molecule has 0 heterocycles. The van der Waals surface area contributed by atoms with E-state index in [-0.39, 0.29) is 29.6 Å². The van der Waals surface area contributed by atoms with Crippen LogP contribution in [0.4, 0.5) is 0 Å². The summed E-state index contributed by atoms with van der Waals surface area (Å²) in [4.78, 5) is 27.0. The normalized spacial score (nSPS) is 11.0. The zero-order valence-electron chi connectivity index (χ0n) is 9.15.